The number of hydrogen-bond donors (Lipinski definition) is 1. The van der Waals surface area contributed by atoms with E-state index in [0.717, 1.165) is 28.2 Å². The molecule has 0 aliphatic rings. The lowest BCUT2D eigenvalue weighted by Gasteiger charge is -2.11. The Bertz CT molecular complexity index is 857. The fourth-order valence-electron chi connectivity index (χ4n) is 2.67. The molecule has 120 valence electrons. The number of hydrogen-bond acceptors (Lipinski definition) is 2. The van der Waals surface area contributed by atoms with Crippen LogP contribution in [0, 0.1) is 0 Å². The van der Waals surface area contributed by atoms with Gasteiger partial charge >= 0.3 is 0 Å². The summed E-state index contributed by atoms with van der Waals surface area (Å²) in [5.41, 5.74) is 3.12. The van der Waals surface area contributed by atoms with Crippen LogP contribution < -0.4 is 10.6 Å². The van der Waals surface area contributed by atoms with Gasteiger partial charge in [-0.3, -0.25) is 4.79 Å². The Morgan fingerprint density at radius 2 is 1.58 bits per heavy atom. The molecule has 0 spiro atoms. The molecule has 0 aliphatic carbocycles. The van der Waals surface area contributed by atoms with Crippen LogP contribution in [0.25, 0.3) is 0 Å². The Hall–Kier alpha value is -2.44. The molecule has 3 heteroatoms. The minimum Gasteiger partial charge on any atom is -0.507 e. The molecular weight excluding hydrogens is 315 g/mol. The quantitative estimate of drug-likeness (QED) is 0.569. The van der Waals surface area contributed by atoms with Gasteiger partial charge in [0.15, 0.2) is 5.78 Å². The summed E-state index contributed by atoms with van der Waals surface area (Å²) in [7, 11) is 0.253. The summed E-state index contributed by atoms with van der Waals surface area (Å²) in [6.45, 7) is 1.58. The number of carbonyl (C=O) groups is 1. The second kappa shape index (κ2) is 7.42. The molecule has 0 aliphatic heterocycles. The summed E-state index contributed by atoms with van der Waals surface area (Å²) in [6.07, 6.45) is 0.826. The van der Waals surface area contributed by atoms with Crippen molar-refractivity contribution in [3.63, 3.8) is 0 Å². The molecule has 24 heavy (non-hydrogen) atoms. The summed E-state index contributed by atoms with van der Waals surface area (Å²) >= 11 is 0. The Morgan fingerprint density at radius 1 is 0.875 bits per heavy atom. The molecule has 0 amide bonds. The maximum Gasteiger partial charge on any atom is 0.160 e. The number of Topliss-reactive ketones (excluding diaryl/α,β-unsaturated/α-hetero) is 1. The molecule has 0 radical (unpaired) electrons. The summed E-state index contributed by atoms with van der Waals surface area (Å²) in [5.74, 6) is 0.335. The van der Waals surface area contributed by atoms with Crippen molar-refractivity contribution in [3.05, 3.63) is 89.5 Å². The number of ketones is 1. The fourth-order valence-corrected chi connectivity index (χ4v) is 4.00. The molecule has 3 rings (SSSR count). The first kappa shape index (κ1) is 16.4. The van der Waals surface area contributed by atoms with Crippen LogP contribution >= 0.6 is 8.58 Å². The molecule has 2 nitrogen and oxygen atoms in total. The van der Waals surface area contributed by atoms with Gasteiger partial charge in [-0.05, 0) is 41.9 Å². The average Bonchev–Trinajstić information content (AvgIpc) is 2.59. The first-order valence-corrected chi connectivity index (χ1v) is 8.86. The molecule has 1 N–H and O–H groups in total. The van der Waals surface area contributed by atoms with Crippen LogP contribution in [0.5, 0.6) is 5.75 Å². The maximum atomic E-state index is 11.8. The zero-order valence-corrected chi connectivity index (χ0v) is 14.5. The topological polar surface area (TPSA) is 37.3 Å². The van der Waals surface area contributed by atoms with Crippen LogP contribution in [0.3, 0.4) is 0 Å². The van der Waals surface area contributed by atoms with Crippen LogP contribution in [0.15, 0.2) is 72.8 Å². The van der Waals surface area contributed by atoms with Crippen molar-refractivity contribution in [1.82, 2.24) is 0 Å². The average molecular weight is 334 g/mol. The van der Waals surface area contributed by atoms with Gasteiger partial charge in [-0.25, -0.2) is 0 Å². The predicted octanol–water partition coefficient (Wildman–Crippen LogP) is 3.81. The van der Waals surface area contributed by atoms with Gasteiger partial charge in [0, 0.05) is 10.9 Å². The van der Waals surface area contributed by atoms with Crippen molar-refractivity contribution in [2.24, 2.45) is 0 Å². The van der Waals surface area contributed by atoms with E-state index in [1.165, 1.54) is 5.56 Å². The smallest absolute Gasteiger partial charge is 0.160 e. The second-order valence-corrected chi connectivity index (χ2v) is 7.07. The number of aromatic hydroxyl groups is 1. The van der Waals surface area contributed by atoms with Crippen molar-refractivity contribution in [1.29, 1.82) is 0 Å². The molecule has 1 atom stereocenters. The van der Waals surface area contributed by atoms with Gasteiger partial charge in [0.25, 0.3) is 0 Å². The zero-order chi connectivity index (χ0) is 16.9. The van der Waals surface area contributed by atoms with E-state index in [9.17, 15) is 9.90 Å². The minimum absolute atomic E-state index is 0.0537. The van der Waals surface area contributed by atoms with Gasteiger partial charge in [0.1, 0.15) is 5.75 Å². The third-order valence-corrected chi connectivity index (χ3v) is 5.26. The normalized spacial score (nSPS) is 11.0. The number of phenolic OH excluding ortho intramolecular Hbond substituents is 1. The first-order valence-electron chi connectivity index (χ1n) is 7.86. The van der Waals surface area contributed by atoms with Crippen LogP contribution in [-0.2, 0) is 6.42 Å². The van der Waals surface area contributed by atoms with E-state index in [4.69, 9.17) is 0 Å². The van der Waals surface area contributed by atoms with Gasteiger partial charge < -0.3 is 5.11 Å². The molecule has 0 fully saturated rings. The van der Waals surface area contributed by atoms with E-state index in [2.05, 4.69) is 12.1 Å². The highest BCUT2D eigenvalue weighted by atomic mass is 31.1. The summed E-state index contributed by atoms with van der Waals surface area (Å²) in [6, 6.07) is 23.6. The number of phenols is 1. The Labute approximate surface area is 144 Å². The van der Waals surface area contributed by atoms with E-state index in [1.807, 2.05) is 54.6 Å². The predicted molar refractivity (Wildman–Crippen MR) is 101 cm³/mol. The lowest BCUT2D eigenvalue weighted by atomic mass is 10.1. The molecule has 0 heterocycles. The van der Waals surface area contributed by atoms with Gasteiger partial charge in [0.2, 0.25) is 0 Å². The first-order chi connectivity index (χ1) is 11.6. The Kier molecular flexibility index (Phi) is 5.08. The molecule has 0 bridgehead atoms. The third-order valence-electron chi connectivity index (χ3n) is 3.89. The van der Waals surface area contributed by atoms with E-state index in [1.54, 1.807) is 13.0 Å². The van der Waals surface area contributed by atoms with E-state index in [-0.39, 0.29) is 20.1 Å². The SMILES string of the molecule is CC(=O)c1ccccc1Pc1cc(Cc2ccccc2)ccc1O. The van der Waals surface area contributed by atoms with Crippen LogP contribution in [0.2, 0.25) is 0 Å². The lowest BCUT2D eigenvalue weighted by molar-refractivity contribution is 0.101. The number of carbonyl (C=O) groups excluding carboxylic acids is 1. The molecule has 0 saturated heterocycles. The molecule has 1 unspecified atom stereocenters. The molecule has 3 aromatic carbocycles. The molecular formula is C21H19O2P. The monoisotopic (exact) mass is 334 g/mol. The van der Waals surface area contributed by atoms with Gasteiger partial charge in [0.05, 0.1) is 0 Å². The van der Waals surface area contributed by atoms with Crippen molar-refractivity contribution >= 4 is 25.0 Å². The fraction of sp³-hybridized carbons (Fsp3) is 0.0952. The summed E-state index contributed by atoms with van der Waals surface area (Å²) in [4.78, 5) is 11.8. The van der Waals surface area contributed by atoms with Crippen molar-refractivity contribution < 1.29 is 9.90 Å². The maximum absolute atomic E-state index is 11.8. The highest BCUT2D eigenvalue weighted by Crippen LogP contribution is 2.22. The van der Waals surface area contributed by atoms with E-state index >= 15 is 0 Å². The van der Waals surface area contributed by atoms with Crippen LogP contribution in [-0.4, -0.2) is 10.9 Å². The van der Waals surface area contributed by atoms with Gasteiger partial charge in [-0.2, -0.15) is 0 Å². The molecule has 0 aromatic heterocycles. The van der Waals surface area contributed by atoms with Crippen LogP contribution in [0.1, 0.15) is 28.4 Å². The van der Waals surface area contributed by atoms with E-state index < -0.39 is 0 Å². The largest absolute Gasteiger partial charge is 0.507 e. The van der Waals surface area contributed by atoms with Crippen molar-refractivity contribution in [2.75, 3.05) is 0 Å². The van der Waals surface area contributed by atoms with Crippen LogP contribution in [0.4, 0.5) is 0 Å². The standard InChI is InChI=1S/C21H19O2P/c1-15(22)18-9-5-6-10-20(18)24-21-14-17(11-12-19(21)23)13-16-7-3-2-4-8-16/h2-12,14,23-24H,13H2,1H3. The molecule has 3 aromatic rings. The van der Waals surface area contributed by atoms with Crippen molar-refractivity contribution in [3.8, 4) is 5.75 Å². The molecule has 0 saturated carbocycles. The van der Waals surface area contributed by atoms with Gasteiger partial charge in [-0.1, -0.05) is 69.2 Å². The third kappa shape index (κ3) is 3.90. The summed E-state index contributed by atoms with van der Waals surface area (Å²) in [5, 5.41) is 12.1. The highest BCUT2D eigenvalue weighted by molar-refractivity contribution is 7.56. The van der Waals surface area contributed by atoms with Crippen molar-refractivity contribution in [2.45, 2.75) is 13.3 Å². The zero-order valence-electron chi connectivity index (χ0n) is 13.5. The number of rotatable bonds is 5. The number of benzene rings is 3. The highest BCUT2D eigenvalue weighted by Gasteiger charge is 2.10. The lowest BCUT2D eigenvalue weighted by Crippen LogP contribution is -2.12. The van der Waals surface area contributed by atoms with Gasteiger partial charge in [-0.15, -0.1) is 0 Å². The Balaban J connectivity index is 1.89. The second-order valence-electron chi connectivity index (χ2n) is 5.74. The summed E-state index contributed by atoms with van der Waals surface area (Å²) < 4.78 is 0. The Morgan fingerprint density at radius 3 is 2.33 bits per heavy atom. The minimum atomic E-state index is 0.0537. The van der Waals surface area contributed by atoms with E-state index in [0.29, 0.717) is 0 Å².